The van der Waals surface area contributed by atoms with Crippen molar-refractivity contribution in [2.75, 3.05) is 26.2 Å². The zero-order valence-corrected chi connectivity index (χ0v) is 21.6. The van der Waals surface area contributed by atoms with Gasteiger partial charge in [0.1, 0.15) is 11.1 Å². The first-order chi connectivity index (χ1) is 17.8. The summed E-state index contributed by atoms with van der Waals surface area (Å²) in [5, 5.41) is 0. The van der Waals surface area contributed by atoms with Crippen LogP contribution in [0.25, 0.3) is 16.7 Å². The summed E-state index contributed by atoms with van der Waals surface area (Å²) in [5.74, 6) is -0.0619. The second-order valence-electron chi connectivity index (χ2n) is 10.3. The molecule has 190 valence electrons. The molecule has 7 nitrogen and oxygen atoms in total. The molecule has 7 heteroatoms. The lowest BCUT2D eigenvalue weighted by molar-refractivity contribution is 0.0141. The maximum Gasteiger partial charge on any atom is 0.410 e. The van der Waals surface area contributed by atoms with E-state index in [1.54, 1.807) is 11.1 Å². The molecule has 0 bridgehead atoms. The number of hydrogen-bond donors (Lipinski definition) is 0. The summed E-state index contributed by atoms with van der Waals surface area (Å²) < 4.78 is 7.68. The lowest BCUT2D eigenvalue weighted by atomic mass is 10.0. The first-order valence-electron chi connectivity index (χ1n) is 12.7. The zero-order chi connectivity index (χ0) is 26.0. The number of carbonyl (C=O) groups is 2. The van der Waals surface area contributed by atoms with Crippen molar-refractivity contribution >= 4 is 23.0 Å². The summed E-state index contributed by atoms with van der Waals surface area (Å²) in [6.45, 7) is 7.30. The van der Waals surface area contributed by atoms with Gasteiger partial charge in [-0.2, -0.15) is 0 Å². The number of piperazine rings is 1. The van der Waals surface area contributed by atoms with Crippen LogP contribution in [0.2, 0.25) is 0 Å². The van der Waals surface area contributed by atoms with E-state index in [-0.39, 0.29) is 12.0 Å². The molecule has 2 aromatic carbocycles. The van der Waals surface area contributed by atoms with Gasteiger partial charge in [0.15, 0.2) is 0 Å². The van der Waals surface area contributed by atoms with Gasteiger partial charge in [-0.3, -0.25) is 9.78 Å². The van der Waals surface area contributed by atoms with Gasteiger partial charge in [0.2, 0.25) is 0 Å². The van der Waals surface area contributed by atoms with Gasteiger partial charge in [-0.1, -0.05) is 48.5 Å². The van der Waals surface area contributed by atoms with Gasteiger partial charge in [0.25, 0.3) is 5.91 Å². The number of hydrogen-bond acceptors (Lipinski definition) is 4. The lowest BCUT2D eigenvalue weighted by Crippen LogP contribution is -2.51. The van der Waals surface area contributed by atoms with Crippen LogP contribution in [0, 0.1) is 0 Å². The molecular formula is C30H32N4O3. The van der Waals surface area contributed by atoms with Gasteiger partial charge in [-0.05, 0) is 50.6 Å². The molecule has 2 amide bonds. The Morgan fingerprint density at radius 2 is 1.46 bits per heavy atom. The summed E-state index contributed by atoms with van der Waals surface area (Å²) in [6.07, 6.45) is 1.98. The molecule has 0 aliphatic carbocycles. The van der Waals surface area contributed by atoms with Gasteiger partial charge < -0.3 is 19.1 Å². The SMILES string of the molecule is CC(C)(C)OC(=O)N1CCN(C(=O)c2c(Cc3ccccc3)n(-c3ccccc3)c3cccnc23)CC1. The third kappa shape index (κ3) is 5.21. The number of ether oxygens (including phenoxy) is 1. The Bertz CT molecular complexity index is 1400. The first-order valence-corrected chi connectivity index (χ1v) is 12.7. The van der Waals surface area contributed by atoms with Crippen LogP contribution in [-0.4, -0.2) is 63.1 Å². The van der Waals surface area contributed by atoms with E-state index in [1.807, 2.05) is 74.2 Å². The van der Waals surface area contributed by atoms with Gasteiger partial charge in [-0.25, -0.2) is 4.79 Å². The highest BCUT2D eigenvalue weighted by molar-refractivity contribution is 6.07. The Hall–Kier alpha value is -4.13. The summed E-state index contributed by atoms with van der Waals surface area (Å²) >= 11 is 0. The standard InChI is InChI=1S/C30H32N4O3/c1-30(2,3)37-29(36)33-19-17-32(18-20-33)28(35)26-25(21-22-11-6-4-7-12-22)34(23-13-8-5-9-14-23)24-15-10-16-31-27(24)26/h4-16H,17-21H2,1-3H3. The molecule has 0 atom stereocenters. The highest BCUT2D eigenvalue weighted by Gasteiger charge is 2.32. The average Bonchev–Trinajstić information content (AvgIpc) is 3.22. The van der Waals surface area contributed by atoms with E-state index in [9.17, 15) is 9.59 Å². The number of fused-ring (bicyclic) bond motifs is 1. The van der Waals surface area contributed by atoms with E-state index in [0.717, 1.165) is 22.5 Å². The molecule has 3 heterocycles. The molecule has 1 saturated heterocycles. The summed E-state index contributed by atoms with van der Waals surface area (Å²) in [5.41, 5.74) is 4.67. The fourth-order valence-corrected chi connectivity index (χ4v) is 4.79. The number of carbonyl (C=O) groups excluding carboxylic acids is 2. The minimum atomic E-state index is -0.554. The first kappa shape index (κ1) is 24.6. The van der Waals surface area contributed by atoms with E-state index in [1.165, 1.54) is 0 Å². The third-order valence-corrected chi connectivity index (χ3v) is 6.48. The Kier molecular flexibility index (Phi) is 6.70. The maximum absolute atomic E-state index is 14.1. The molecule has 0 spiro atoms. The van der Waals surface area contributed by atoms with Crippen molar-refractivity contribution in [2.45, 2.75) is 32.8 Å². The van der Waals surface area contributed by atoms with E-state index >= 15 is 0 Å². The molecule has 5 rings (SSSR count). The number of rotatable bonds is 4. The number of pyridine rings is 1. The van der Waals surface area contributed by atoms with Gasteiger partial charge in [-0.15, -0.1) is 0 Å². The van der Waals surface area contributed by atoms with Crippen LogP contribution in [0.3, 0.4) is 0 Å². The van der Waals surface area contributed by atoms with E-state index in [2.05, 4.69) is 33.8 Å². The van der Waals surface area contributed by atoms with Crippen LogP contribution < -0.4 is 0 Å². The van der Waals surface area contributed by atoms with Crippen molar-refractivity contribution in [3.63, 3.8) is 0 Å². The molecule has 0 radical (unpaired) electrons. The monoisotopic (exact) mass is 496 g/mol. The molecule has 0 unspecified atom stereocenters. The Morgan fingerprint density at radius 3 is 2.11 bits per heavy atom. The Morgan fingerprint density at radius 1 is 0.838 bits per heavy atom. The molecule has 0 N–H and O–H groups in total. The fraction of sp³-hybridized carbons (Fsp3) is 0.300. The second kappa shape index (κ2) is 10.1. The lowest BCUT2D eigenvalue weighted by Gasteiger charge is -2.35. The van der Waals surface area contributed by atoms with E-state index in [0.29, 0.717) is 43.7 Å². The number of aromatic nitrogens is 2. The molecule has 4 aromatic rings. The highest BCUT2D eigenvalue weighted by atomic mass is 16.6. The number of amides is 2. The molecule has 37 heavy (non-hydrogen) atoms. The fourth-order valence-electron chi connectivity index (χ4n) is 4.79. The van der Waals surface area contributed by atoms with Gasteiger partial charge >= 0.3 is 6.09 Å². The summed E-state index contributed by atoms with van der Waals surface area (Å²) in [7, 11) is 0. The summed E-state index contributed by atoms with van der Waals surface area (Å²) in [4.78, 5) is 34.8. The van der Waals surface area contributed by atoms with Crippen LogP contribution >= 0.6 is 0 Å². The molecule has 0 saturated carbocycles. The van der Waals surface area contributed by atoms with Crippen LogP contribution in [0.5, 0.6) is 0 Å². The Labute approximate surface area is 217 Å². The topological polar surface area (TPSA) is 67.7 Å². The predicted octanol–water partition coefficient (Wildman–Crippen LogP) is 5.31. The van der Waals surface area contributed by atoms with Crippen molar-refractivity contribution in [1.82, 2.24) is 19.4 Å². The van der Waals surface area contributed by atoms with Crippen LogP contribution in [0.15, 0.2) is 79.0 Å². The molecule has 1 aliphatic heterocycles. The zero-order valence-electron chi connectivity index (χ0n) is 21.6. The quantitative estimate of drug-likeness (QED) is 0.384. The van der Waals surface area contributed by atoms with Crippen molar-refractivity contribution in [2.24, 2.45) is 0 Å². The van der Waals surface area contributed by atoms with Crippen molar-refractivity contribution in [3.8, 4) is 5.69 Å². The predicted molar refractivity (Wildman–Crippen MR) is 144 cm³/mol. The molecular weight excluding hydrogens is 464 g/mol. The minimum absolute atomic E-state index is 0.0619. The van der Waals surface area contributed by atoms with Crippen molar-refractivity contribution in [1.29, 1.82) is 0 Å². The largest absolute Gasteiger partial charge is 0.444 e. The van der Waals surface area contributed by atoms with Crippen LogP contribution in [0.1, 0.15) is 42.4 Å². The third-order valence-electron chi connectivity index (χ3n) is 6.48. The summed E-state index contributed by atoms with van der Waals surface area (Å²) in [6, 6.07) is 24.2. The van der Waals surface area contributed by atoms with Gasteiger partial charge in [0.05, 0.1) is 11.1 Å². The smallest absolute Gasteiger partial charge is 0.410 e. The minimum Gasteiger partial charge on any atom is -0.444 e. The molecule has 1 fully saturated rings. The van der Waals surface area contributed by atoms with E-state index < -0.39 is 5.60 Å². The van der Waals surface area contributed by atoms with Crippen LogP contribution in [-0.2, 0) is 11.2 Å². The molecule has 1 aliphatic rings. The normalized spacial score (nSPS) is 14.1. The highest BCUT2D eigenvalue weighted by Crippen LogP contribution is 2.31. The number of nitrogens with zero attached hydrogens (tertiary/aromatic N) is 4. The molecule has 2 aromatic heterocycles. The maximum atomic E-state index is 14.1. The average molecular weight is 497 g/mol. The Balaban J connectivity index is 1.52. The van der Waals surface area contributed by atoms with Crippen molar-refractivity contribution in [3.05, 3.63) is 95.8 Å². The van der Waals surface area contributed by atoms with E-state index in [4.69, 9.17) is 4.74 Å². The number of benzene rings is 2. The second-order valence-corrected chi connectivity index (χ2v) is 10.3. The number of para-hydroxylation sites is 1. The van der Waals surface area contributed by atoms with Crippen molar-refractivity contribution < 1.29 is 14.3 Å². The van der Waals surface area contributed by atoms with Crippen LogP contribution in [0.4, 0.5) is 4.79 Å². The van der Waals surface area contributed by atoms with Gasteiger partial charge in [0, 0.05) is 50.2 Å².